The third-order valence-corrected chi connectivity index (χ3v) is 7.56. The zero-order valence-corrected chi connectivity index (χ0v) is 18.6. The standard InChI is InChI=1S/C25H29ClFNO3/c1-30-22-8-17(7-21(26)23(22)31-14-16-2-4-20(27)5-3-16)13-28-24-9-18-6-19(10-24)12-25(29,11-18)15-24/h2-5,7-8,18-19,28-29H,6,9-15H2,1H3. The first-order valence-corrected chi connectivity index (χ1v) is 11.4. The molecular formula is C25H29ClFNO3. The molecule has 4 saturated carbocycles. The van der Waals surface area contributed by atoms with Gasteiger partial charge in [-0.1, -0.05) is 23.7 Å². The highest BCUT2D eigenvalue weighted by molar-refractivity contribution is 6.32. The van der Waals surface area contributed by atoms with Gasteiger partial charge in [0.05, 0.1) is 17.7 Å². The molecule has 0 radical (unpaired) electrons. The van der Waals surface area contributed by atoms with Crippen molar-refractivity contribution in [3.05, 3.63) is 58.4 Å². The summed E-state index contributed by atoms with van der Waals surface area (Å²) in [6.07, 6.45) is 6.34. The number of rotatable bonds is 7. The lowest BCUT2D eigenvalue weighted by atomic mass is 9.51. The highest BCUT2D eigenvalue weighted by atomic mass is 35.5. The van der Waals surface area contributed by atoms with Crippen LogP contribution >= 0.6 is 11.6 Å². The predicted octanol–water partition coefficient (Wildman–Crippen LogP) is 5.24. The Morgan fingerprint density at radius 3 is 2.45 bits per heavy atom. The van der Waals surface area contributed by atoms with Crippen molar-refractivity contribution in [2.24, 2.45) is 11.8 Å². The van der Waals surface area contributed by atoms with Crippen molar-refractivity contribution in [1.29, 1.82) is 0 Å². The maximum Gasteiger partial charge on any atom is 0.180 e. The van der Waals surface area contributed by atoms with Crippen molar-refractivity contribution in [1.82, 2.24) is 5.32 Å². The topological polar surface area (TPSA) is 50.7 Å². The molecule has 2 aromatic rings. The Morgan fingerprint density at radius 1 is 1.10 bits per heavy atom. The highest BCUT2D eigenvalue weighted by Crippen LogP contribution is 2.57. The third kappa shape index (κ3) is 4.28. The van der Waals surface area contributed by atoms with Gasteiger partial charge in [0.1, 0.15) is 12.4 Å². The van der Waals surface area contributed by atoms with Gasteiger partial charge in [0.25, 0.3) is 0 Å². The smallest absolute Gasteiger partial charge is 0.180 e. The van der Waals surface area contributed by atoms with E-state index in [0.29, 0.717) is 34.9 Å². The number of hydrogen-bond acceptors (Lipinski definition) is 4. The maximum atomic E-state index is 13.1. The molecule has 31 heavy (non-hydrogen) atoms. The second-order valence-electron chi connectivity index (χ2n) is 9.84. The van der Waals surface area contributed by atoms with E-state index in [1.165, 1.54) is 18.6 Å². The number of methoxy groups -OCH3 is 1. The van der Waals surface area contributed by atoms with Crippen LogP contribution in [0.1, 0.15) is 49.7 Å². The molecule has 4 fully saturated rings. The van der Waals surface area contributed by atoms with Gasteiger partial charge in [0.15, 0.2) is 11.5 Å². The normalized spacial score (nSPS) is 31.1. The van der Waals surface area contributed by atoms with Crippen LogP contribution in [0.5, 0.6) is 11.5 Å². The fourth-order valence-electron chi connectivity index (χ4n) is 6.46. The van der Waals surface area contributed by atoms with E-state index < -0.39 is 5.60 Å². The summed E-state index contributed by atoms with van der Waals surface area (Å²) >= 11 is 6.55. The van der Waals surface area contributed by atoms with Gasteiger partial charge in [0, 0.05) is 12.1 Å². The molecule has 0 aromatic heterocycles. The van der Waals surface area contributed by atoms with E-state index in [1.54, 1.807) is 19.2 Å². The molecule has 2 atom stereocenters. The quantitative estimate of drug-likeness (QED) is 0.612. The van der Waals surface area contributed by atoms with Gasteiger partial charge in [-0.25, -0.2) is 4.39 Å². The van der Waals surface area contributed by atoms with Gasteiger partial charge in [-0.2, -0.15) is 0 Å². The van der Waals surface area contributed by atoms with Crippen LogP contribution in [0.4, 0.5) is 4.39 Å². The molecule has 0 saturated heterocycles. The van der Waals surface area contributed by atoms with Gasteiger partial charge in [-0.05, 0) is 85.8 Å². The Balaban J connectivity index is 1.28. The molecule has 4 aliphatic carbocycles. The van der Waals surface area contributed by atoms with E-state index in [-0.39, 0.29) is 18.0 Å². The van der Waals surface area contributed by atoms with Crippen LogP contribution in [-0.2, 0) is 13.2 Å². The lowest BCUT2D eigenvalue weighted by Crippen LogP contribution is -2.64. The van der Waals surface area contributed by atoms with Crippen LogP contribution < -0.4 is 14.8 Å². The average Bonchev–Trinajstić information content (AvgIpc) is 2.70. The number of ether oxygens (including phenoxy) is 2. The summed E-state index contributed by atoms with van der Waals surface area (Å²) in [6.45, 7) is 0.947. The Morgan fingerprint density at radius 2 is 1.81 bits per heavy atom. The predicted molar refractivity (Wildman–Crippen MR) is 118 cm³/mol. The van der Waals surface area contributed by atoms with Gasteiger partial charge in [-0.3, -0.25) is 0 Å². The molecule has 2 aromatic carbocycles. The van der Waals surface area contributed by atoms with E-state index in [9.17, 15) is 9.50 Å². The summed E-state index contributed by atoms with van der Waals surface area (Å²) in [5.74, 6) is 2.07. The van der Waals surface area contributed by atoms with E-state index in [2.05, 4.69) is 5.32 Å². The molecule has 0 aliphatic heterocycles. The molecule has 4 nitrogen and oxygen atoms in total. The average molecular weight is 446 g/mol. The first-order valence-electron chi connectivity index (χ1n) is 11.1. The molecule has 0 spiro atoms. The number of hydrogen-bond donors (Lipinski definition) is 2. The van der Waals surface area contributed by atoms with Crippen molar-refractivity contribution < 1.29 is 19.0 Å². The molecular weight excluding hydrogens is 417 g/mol. The Hall–Kier alpha value is -1.82. The minimum atomic E-state index is -0.482. The molecule has 6 rings (SSSR count). The van der Waals surface area contributed by atoms with Gasteiger partial charge < -0.3 is 19.9 Å². The minimum Gasteiger partial charge on any atom is -0.493 e. The molecule has 0 heterocycles. The van der Waals surface area contributed by atoms with E-state index in [4.69, 9.17) is 21.1 Å². The Kier molecular flexibility index (Phi) is 5.40. The minimum absolute atomic E-state index is 0.0241. The molecule has 166 valence electrons. The molecule has 2 N–H and O–H groups in total. The Bertz CT molecular complexity index is 950. The second kappa shape index (κ2) is 7.95. The van der Waals surface area contributed by atoms with Gasteiger partial charge >= 0.3 is 0 Å². The van der Waals surface area contributed by atoms with Crippen molar-refractivity contribution in [3.63, 3.8) is 0 Å². The largest absolute Gasteiger partial charge is 0.493 e. The van der Waals surface area contributed by atoms with Crippen molar-refractivity contribution in [3.8, 4) is 11.5 Å². The first-order chi connectivity index (χ1) is 14.9. The van der Waals surface area contributed by atoms with Gasteiger partial charge in [-0.15, -0.1) is 0 Å². The zero-order valence-electron chi connectivity index (χ0n) is 17.8. The summed E-state index contributed by atoms with van der Waals surface area (Å²) < 4.78 is 24.6. The fourth-order valence-corrected chi connectivity index (χ4v) is 6.75. The summed E-state index contributed by atoms with van der Waals surface area (Å²) in [6, 6.07) is 10.1. The maximum absolute atomic E-state index is 13.1. The van der Waals surface area contributed by atoms with Crippen LogP contribution in [0, 0.1) is 17.7 Å². The molecule has 6 heteroatoms. The van der Waals surface area contributed by atoms with Crippen molar-refractivity contribution >= 4 is 11.6 Å². The molecule has 0 amide bonds. The zero-order chi connectivity index (χ0) is 21.6. The number of benzene rings is 2. The molecule has 2 unspecified atom stereocenters. The Labute approximate surface area is 187 Å². The monoisotopic (exact) mass is 445 g/mol. The van der Waals surface area contributed by atoms with Crippen molar-refractivity contribution in [2.45, 2.75) is 62.8 Å². The van der Waals surface area contributed by atoms with Crippen LogP contribution in [0.2, 0.25) is 5.02 Å². The van der Waals surface area contributed by atoms with Gasteiger partial charge in [0.2, 0.25) is 0 Å². The van der Waals surface area contributed by atoms with E-state index in [0.717, 1.165) is 43.2 Å². The number of aliphatic hydroxyl groups is 1. The first kappa shape index (κ1) is 21.0. The lowest BCUT2D eigenvalue weighted by Gasteiger charge is -2.60. The van der Waals surface area contributed by atoms with Crippen LogP contribution in [0.25, 0.3) is 0 Å². The number of halogens is 2. The fraction of sp³-hybridized carbons (Fsp3) is 0.520. The highest BCUT2D eigenvalue weighted by Gasteiger charge is 2.56. The van der Waals surface area contributed by atoms with Crippen molar-refractivity contribution in [2.75, 3.05) is 7.11 Å². The van der Waals surface area contributed by atoms with E-state index >= 15 is 0 Å². The SMILES string of the molecule is COc1cc(CNC23CC4CC(CC(O)(C4)C2)C3)cc(Cl)c1OCc1ccc(F)cc1. The lowest BCUT2D eigenvalue weighted by molar-refractivity contribution is -0.142. The summed E-state index contributed by atoms with van der Waals surface area (Å²) in [4.78, 5) is 0. The number of nitrogens with one attached hydrogen (secondary N) is 1. The summed E-state index contributed by atoms with van der Waals surface area (Å²) in [5.41, 5.74) is 1.42. The van der Waals surface area contributed by atoms with Crippen LogP contribution in [0.15, 0.2) is 36.4 Å². The molecule has 4 aliphatic rings. The van der Waals surface area contributed by atoms with E-state index in [1.807, 2.05) is 12.1 Å². The van der Waals surface area contributed by atoms with Crippen LogP contribution in [0.3, 0.4) is 0 Å². The summed E-state index contributed by atoms with van der Waals surface area (Å²) in [7, 11) is 1.60. The molecule has 4 bridgehead atoms. The second-order valence-corrected chi connectivity index (χ2v) is 10.3. The van der Waals surface area contributed by atoms with Crippen LogP contribution in [-0.4, -0.2) is 23.4 Å². The third-order valence-electron chi connectivity index (χ3n) is 7.28. The summed E-state index contributed by atoms with van der Waals surface area (Å²) in [5, 5.41) is 15.2.